The molecular formula is C16H16BrNO3. The topological polar surface area (TPSA) is 69.6 Å². The van der Waals surface area contributed by atoms with Gasteiger partial charge in [0, 0.05) is 11.0 Å². The molecule has 0 saturated heterocycles. The van der Waals surface area contributed by atoms with E-state index in [1.807, 2.05) is 24.3 Å². The summed E-state index contributed by atoms with van der Waals surface area (Å²) in [5.74, 6) is -0.717. The molecule has 0 amide bonds. The molecule has 4 nitrogen and oxygen atoms in total. The quantitative estimate of drug-likeness (QED) is 0.749. The summed E-state index contributed by atoms with van der Waals surface area (Å²) in [4.78, 5) is 11.3. The molecule has 2 aromatic rings. The zero-order chi connectivity index (χ0) is 15.2. The van der Waals surface area contributed by atoms with E-state index in [4.69, 9.17) is 0 Å². The van der Waals surface area contributed by atoms with Crippen molar-refractivity contribution in [3.63, 3.8) is 0 Å². The van der Waals surface area contributed by atoms with Crippen molar-refractivity contribution >= 4 is 21.9 Å². The van der Waals surface area contributed by atoms with E-state index in [1.165, 1.54) is 0 Å². The number of carboxylic acids is 1. The highest BCUT2D eigenvalue weighted by Gasteiger charge is 2.17. The number of nitrogens with one attached hydrogen (secondary N) is 1. The van der Waals surface area contributed by atoms with Gasteiger partial charge in [0.15, 0.2) is 0 Å². The Kier molecular flexibility index (Phi) is 5.36. The van der Waals surface area contributed by atoms with Crippen LogP contribution in [0.25, 0.3) is 0 Å². The van der Waals surface area contributed by atoms with Crippen LogP contribution in [0, 0.1) is 0 Å². The summed E-state index contributed by atoms with van der Waals surface area (Å²) in [6.07, 6.45) is 0.365. The van der Waals surface area contributed by atoms with Crippen molar-refractivity contribution in [1.29, 1.82) is 0 Å². The second-order valence-electron chi connectivity index (χ2n) is 4.77. The van der Waals surface area contributed by atoms with Gasteiger partial charge in [-0.05, 0) is 41.8 Å². The molecule has 0 heterocycles. The van der Waals surface area contributed by atoms with E-state index >= 15 is 0 Å². The van der Waals surface area contributed by atoms with Gasteiger partial charge in [-0.25, -0.2) is 0 Å². The minimum absolute atomic E-state index is 0.174. The van der Waals surface area contributed by atoms with E-state index in [1.54, 1.807) is 24.3 Å². The van der Waals surface area contributed by atoms with Gasteiger partial charge >= 0.3 is 5.97 Å². The number of rotatable bonds is 6. The van der Waals surface area contributed by atoms with E-state index < -0.39 is 12.0 Å². The van der Waals surface area contributed by atoms with Crippen molar-refractivity contribution in [2.24, 2.45) is 0 Å². The van der Waals surface area contributed by atoms with Gasteiger partial charge in [-0.2, -0.15) is 0 Å². The lowest BCUT2D eigenvalue weighted by molar-refractivity contribution is -0.139. The molecule has 0 bridgehead atoms. The number of halogens is 1. The average molecular weight is 350 g/mol. The Morgan fingerprint density at radius 2 is 1.86 bits per heavy atom. The predicted octanol–water partition coefficient (Wildman–Crippen LogP) is 2.94. The summed E-state index contributed by atoms with van der Waals surface area (Å²) >= 11 is 3.39. The van der Waals surface area contributed by atoms with Gasteiger partial charge in [0.1, 0.15) is 11.8 Å². The van der Waals surface area contributed by atoms with E-state index in [0.29, 0.717) is 13.0 Å². The Morgan fingerprint density at radius 1 is 1.14 bits per heavy atom. The first kappa shape index (κ1) is 15.5. The zero-order valence-corrected chi connectivity index (χ0v) is 12.9. The van der Waals surface area contributed by atoms with Crippen molar-refractivity contribution in [2.75, 3.05) is 0 Å². The van der Waals surface area contributed by atoms with Gasteiger partial charge in [-0.1, -0.05) is 40.2 Å². The van der Waals surface area contributed by atoms with Crippen molar-refractivity contribution in [3.8, 4) is 5.75 Å². The number of benzene rings is 2. The summed E-state index contributed by atoms with van der Waals surface area (Å²) < 4.78 is 0.965. The summed E-state index contributed by atoms with van der Waals surface area (Å²) in [5.41, 5.74) is 1.88. The maximum absolute atomic E-state index is 11.3. The maximum atomic E-state index is 11.3. The van der Waals surface area contributed by atoms with E-state index in [9.17, 15) is 15.0 Å². The van der Waals surface area contributed by atoms with Crippen LogP contribution in [-0.2, 0) is 17.8 Å². The highest BCUT2D eigenvalue weighted by molar-refractivity contribution is 9.10. The van der Waals surface area contributed by atoms with E-state index in [0.717, 1.165) is 15.6 Å². The Labute approximate surface area is 131 Å². The van der Waals surface area contributed by atoms with Crippen LogP contribution in [0.15, 0.2) is 53.0 Å². The lowest BCUT2D eigenvalue weighted by Gasteiger charge is -2.15. The zero-order valence-electron chi connectivity index (χ0n) is 11.3. The van der Waals surface area contributed by atoms with Crippen molar-refractivity contribution < 1.29 is 15.0 Å². The highest BCUT2D eigenvalue weighted by Crippen LogP contribution is 2.13. The minimum Gasteiger partial charge on any atom is -0.508 e. The van der Waals surface area contributed by atoms with Gasteiger partial charge in [0.05, 0.1) is 0 Å². The molecule has 0 aliphatic rings. The van der Waals surface area contributed by atoms with Gasteiger partial charge in [0.25, 0.3) is 0 Å². The number of aromatic hydroxyl groups is 1. The lowest BCUT2D eigenvalue weighted by Crippen LogP contribution is -2.38. The fraction of sp³-hybridized carbons (Fsp3) is 0.188. The fourth-order valence-electron chi connectivity index (χ4n) is 2.00. The summed E-state index contributed by atoms with van der Waals surface area (Å²) in [6.45, 7) is 0.481. The second kappa shape index (κ2) is 7.24. The standard InChI is InChI=1S/C16H16BrNO3/c17-13-3-1-2-12(8-13)10-18-15(16(20)21)9-11-4-6-14(19)7-5-11/h1-8,15,18-19H,9-10H2,(H,20,21)/t15-/m0/s1. The number of hydrogen-bond acceptors (Lipinski definition) is 3. The normalized spacial score (nSPS) is 12.0. The van der Waals surface area contributed by atoms with Gasteiger partial charge in [0.2, 0.25) is 0 Å². The molecule has 0 saturated carbocycles. The lowest BCUT2D eigenvalue weighted by atomic mass is 10.1. The molecule has 3 N–H and O–H groups in total. The van der Waals surface area contributed by atoms with Crippen LogP contribution in [-0.4, -0.2) is 22.2 Å². The third kappa shape index (κ3) is 4.88. The molecule has 0 spiro atoms. The van der Waals surface area contributed by atoms with Crippen LogP contribution in [0.4, 0.5) is 0 Å². The number of phenolic OH excluding ortho intramolecular Hbond substituents is 1. The van der Waals surface area contributed by atoms with Crippen LogP contribution in [0.3, 0.4) is 0 Å². The molecule has 21 heavy (non-hydrogen) atoms. The first-order chi connectivity index (χ1) is 10.0. The molecule has 5 heteroatoms. The van der Waals surface area contributed by atoms with Crippen LogP contribution in [0.5, 0.6) is 5.75 Å². The molecule has 2 rings (SSSR count). The molecule has 0 radical (unpaired) electrons. The minimum atomic E-state index is -0.891. The summed E-state index contributed by atoms with van der Waals surface area (Å²) in [5, 5.41) is 21.6. The Bertz CT molecular complexity index is 613. The number of hydrogen-bond donors (Lipinski definition) is 3. The van der Waals surface area contributed by atoms with E-state index in [-0.39, 0.29) is 5.75 Å². The Balaban J connectivity index is 1.99. The summed E-state index contributed by atoms with van der Waals surface area (Å²) in [7, 11) is 0. The third-order valence-electron chi connectivity index (χ3n) is 3.12. The van der Waals surface area contributed by atoms with Crippen LogP contribution < -0.4 is 5.32 Å². The molecule has 0 aliphatic heterocycles. The summed E-state index contributed by atoms with van der Waals surface area (Å²) in [6, 6.07) is 13.6. The van der Waals surface area contributed by atoms with Crippen LogP contribution in [0.2, 0.25) is 0 Å². The van der Waals surface area contributed by atoms with Crippen LogP contribution in [0.1, 0.15) is 11.1 Å². The van der Waals surface area contributed by atoms with Crippen molar-refractivity contribution in [2.45, 2.75) is 19.0 Å². The monoisotopic (exact) mass is 349 g/mol. The maximum Gasteiger partial charge on any atom is 0.321 e. The number of aliphatic carboxylic acids is 1. The van der Waals surface area contributed by atoms with Crippen LogP contribution >= 0.6 is 15.9 Å². The van der Waals surface area contributed by atoms with Gasteiger partial charge in [-0.15, -0.1) is 0 Å². The second-order valence-corrected chi connectivity index (χ2v) is 5.69. The first-order valence-corrected chi connectivity index (χ1v) is 7.32. The number of carboxylic acid groups (broad SMARTS) is 1. The van der Waals surface area contributed by atoms with Crippen molar-refractivity contribution in [3.05, 3.63) is 64.1 Å². The predicted molar refractivity (Wildman–Crippen MR) is 84.2 cm³/mol. The molecule has 110 valence electrons. The highest BCUT2D eigenvalue weighted by atomic mass is 79.9. The number of phenols is 1. The van der Waals surface area contributed by atoms with Gasteiger partial charge in [-0.3, -0.25) is 4.79 Å². The molecule has 0 fully saturated rings. The van der Waals surface area contributed by atoms with E-state index in [2.05, 4.69) is 21.2 Å². The molecule has 1 atom stereocenters. The molecule has 0 aromatic heterocycles. The molecule has 0 unspecified atom stereocenters. The number of carbonyl (C=O) groups is 1. The van der Waals surface area contributed by atoms with Gasteiger partial charge < -0.3 is 15.5 Å². The first-order valence-electron chi connectivity index (χ1n) is 6.53. The Morgan fingerprint density at radius 3 is 2.48 bits per heavy atom. The third-order valence-corrected chi connectivity index (χ3v) is 3.61. The average Bonchev–Trinajstić information content (AvgIpc) is 2.45. The largest absolute Gasteiger partial charge is 0.508 e. The smallest absolute Gasteiger partial charge is 0.321 e. The molecule has 2 aromatic carbocycles. The SMILES string of the molecule is O=C(O)[C@H](Cc1ccc(O)cc1)NCc1cccc(Br)c1. The van der Waals surface area contributed by atoms with Crippen molar-refractivity contribution in [1.82, 2.24) is 5.32 Å². The Hall–Kier alpha value is -1.85. The molecule has 0 aliphatic carbocycles. The fourth-order valence-corrected chi connectivity index (χ4v) is 2.45. The molecular weight excluding hydrogens is 334 g/mol.